The lowest BCUT2D eigenvalue weighted by Gasteiger charge is -2.20. The van der Waals surface area contributed by atoms with Crippen molar-refractivity contribution in [1.82, 2.24) is 0 Å². The van der Waals surface area contributed by atoms with Gasteiger partial charge in [0.05, 0.1) is 0 Å². The summed E-state index contributed by atoms with van der Waals surface area (Å²) in [6.07, 6.45) is 6.71. The highest BCUT2D eigenvalue weighted by Crippen LogP contribution is 2.26. The third-order valence-electron chi connectivity index (χ3n) is 4.40. The highest BCUT2D eigenvalue weighted by atomic mass is 35.5. The topological polar surface area (TPSA) is 29.1 Å². The number of rotatable bonds is 3. The SMILES string of the molecule is Cc1ccccc1Cl.O=C(CC1CCCCC1)Nc1ccc(F)cc1. The lowest BCUT2D eigenvalue weighted by Crippen LogP contribution is -2.18. The maximum atomic E-state index is 12.7. The number of nitrogens with one attached hydrogen (secondary N) is 1. The minimum absolute atomic E-state index is 0.0449. The molecule has 1 N–H and O–H groups in total. The van der Waals surface area contributed by atoms with Crippen molar-refractivity contribution < 1.29 is 9.18 Å². The largest absolute Gasteiger partial charge is 0.326 e. The van der Waals surface area contributed by atoms with Crippen molar-refractivity contribution in [2.75, 3.05) is 5.32 Å². The Morgan fingerprint density at radius 1 is 1.08 bits per heavy atom. The number of amides is 1. The molecule has 0 unspecified atom stereocenters. The number of anilines is 1. The minimum atomic E-state index is -0.282. The molecular formula is C21H25ClFNO. The van der Waals surface area contributed by atoms with Crippen LogP contribution in [0.3, 0.4) is 0 Å². The van der Waals surface area contributed by atoms with Crippen LogP contribution in [0.4, 0.5) is 10.1 Å². The average Bonchev–Trinajstić information content (AvgIpc) is 2.61. The van der Waals surface area contributed by atoms with Crippen molar-refractivity contribution in [3.63, 3.8) is 0 Å². The maximum absolute atomic E-state index is 12.7. The summed E-state index contributed by atoms with van der Waals surface area (Å²) in [6.45, 7) is 1.99. The summed E-state index contributed by atoms with van der Waals surface area (Å²) >= 11 is 5.71. The molecule has 1 aliphatic carbocycles. The van der Waals surface area contributed by atoms with Gasteiger partial charge in [-0.05, 0) is 61.6 Å². The van der Waals surface area contributed by atoms with E-state index in [0.717, 1.165) is 23.4 Å². The van der Waals surface area contributed by atoms with Crippen molar-refractivity contribution in [3.05, 3.63) is 64.9 Å². The molecule has 0 bridgehead atoms. The van der Waals surface area contributed by atoms with E-state index in [1.54, 1.807) is 12.1 Å². The number of halogens is 2. The molecule has 134 valence electrons. The van der Waals surface area contributed by atoms with Gasteiger partial charge < -0.3 is 5.32 Å². The minimum Gasteiger partial charge on any atom is -0.326 e. The van der Waals surface area contributed by atoms with Gasteiger partial charge in [0, 0.05) is 17.1 Å². The molecule has 3 rings (SSSR count). The number of hydrogen-bond donors (Lipinski definition) is 1. The fraction of sp³-hybridized carbons (Fsp3) is 0.381. The highest BCUT2D eigenvalue weighted by Gasteiger charge is 2.16. The second-order valence-corrected chi connectivity index (χ2v) is 6.92. The number of hydrogen-bond acceptors (Lipinski definition) is 1. The third-order valence-corrected chi connectivity index (χ3v) is 4.83. The standard InChI is InChI=1S/C14H18FNO.C7H7Cl/c15-12-6-8-13(9-7-12)16-14(17)10-11-4-2-1-3-5-11;1-6-4-2-3-5-7(6)8/h6-9,11H,1-5,10H2,(H,16,17);2-5H,1H3. The van der Waals surface area contributed by atoms with E-state index in [1.807, 2.05) is 31.2 Å². The van der Waals surface area contributed by atoms with E-state index in [-0.39, 0.29) is 11.7 Å². The Morgan fingerprint density at radius 3 is 2.28 bits per heavy atom. The van der Waals surface area contributed by atoms with Crippen molar-refractivity contribution in [1.29, 1.82) is 0 Å². The van der Waals surface area contributed by atoms with Crippen LogP contribution in [-0.4, -0.2) is 5.91 Å². The Kier molecular flexibility index (Phi) is 7.93. The van der Waals surface area contributed by atoms with E-state index < -0.39 is 0 Å². The quantitative estimate of drug-likeness (QED) is 0.674. The molecule has 4 heteroatoms. The van der Waals surface area contributed by atoms with Gasteiger partial charge in [0.25, 0.3) is 0 Å². The van der Waals surface area contributed by atoms with Gasteiger partial charge in [-0.25, -0.2) is 4.39 Å². The highest BCUT2D eigenvalue weighted by molar-refractivity contribution is 6.31. The van der Waals surface area contributed by atoms with Gasteiger partial charge in [0.1, 0.15) is 5.82 Å². The molecule has 1 saturated carbocycles. The molecule has 0 saturated heterocycles. The van der Waals surface area contributed by atoms with Crippen LogP contribution >= 0.6 is 11.6 Å². The molecule has 2 aromatic rings. The van der Waals surface area contributed by atoms with E-state index >= 15 is 0 Å². The summed E-state index contributed by atoms with van der Waals surface area (Å²) in [5.74, 6) is 0.294. The maximum Gasteiger partial charge on any atom is 0.224 e. The smallest absolute Gasteiger partial charge is 0.224 e. The predicted octanol–water partition coefficient (Wildman–Crippen LogP) is 6.38. The van der Waals surface area contributed by atoms with Gasteiger partial charge in [0.15, 0.2) is 0 Å². The normalized spacial score (nSPS) is 14.4. The summed E-state index contributed by atoms with van der Waals surface area (Å²) in [5.41, 5.74) is 1.81. The van der Waals surface area contributed by atoms with Crippen LogP contribution in [0.2, 0.25) is 5.02 Å². The van der Waals surface area contributed by atoms with Crippen LogP contribution < -0.4 is 5.32 Å². The second-order valence-electron chi connectivity index (χ2n) is 6.51. The lowest BCUT2D eigenvalue weighted by molar-refractivity contribution is -0.117. The summed E-state index contributed by atoms with van der Waals surface area (Å²) in [5, 5.41) is 3.65. The van der Waals surface area contributed by atoms with Crippen LogP contribution in [0.1, 0.15) is 44.1 Å². The lowest BCUT2D eigenvalue weighted by atomic mass is 9.87. The molecule has 0 spiro atoms. The van der Waals surface area contributed by atoms with E-state index in [0.29, 0.717) is 18.0 Å². The van der Waals surface area contributed by atoms with Gasteiger partial charge in [0.2, 0.25) is 5.91 Å². The van der Waals surface area contributed by atoms with Crippen LogP contribution in [0.25, 0.3) is 0 Å². The molecule has 0 atom stereocenters. The van der Waals surface area contributed by atoms with Crippen molar-refractivity contribution in [3.8, 4) is 0 Å². The van der Waals surface area contributed by atoms with Crippen molar-refractivity contribution >= 4 is 23.2 Å². The number of aryl methyl sites for hydroxylation is 1. The summed E-state index contributed by atoms with van der Waals surface area (Å²) < 4.78 is 12.7. The van der Waals surface area contributed by atoms with Crippen LogP contribution in [0.5, 0.6) is 0 Å². The van der Waals surface area contributed by atoms with E-state index in [1.165, 1.54) is 31.4 Å². The first-order chi connectivity index (χ1) is 12.0. The third kappa shape index (κ3) is 7.27. The Morgan fingerprint density at radius 2 is 1.72 bits per heavy atom. The number of carbonyl (C=O) groups excluding carboxylic acids is 1. The monoisotopic (exact) mass is 361 g/mol. The van der Waals surface area contributed by atoms with Gasteiger partial charge in [-0.2, -0.15) is 0 Å². The average molecular weight is 362 g/mol. The first-order valence-electron chi connectivity index (χ1n) is 8.81. The Hall–Kier alpha value is -1.87. The van der Waals surface area contributed by atoms with E-state index in [2.05, 4.69) is 5.32 Å². The zero-order valence-corrected chi connectivity index (χ0v) is 15.4. The Bertz CT molecular complexity index is 645. The second kappa shape index (κ2) is 10.2. The van der Waals surface area contributed by atoms with Crippen LogP contribution in [0, 0.1) is 18.7 Å². The fourth-order valence-corrected chi connectivity index (χ4v) is 3.09. The van der Waals surface area contributed by atoms with Gasteiger partial charge in [-0.1, -0.05) is 49.1 Å². The number of benzene rings is 2. The molecular weight excluding hydrogens is 337 g/mol. The molecule has 1 fully saturated rings. The predicted molar refractivity (Wildman–Crippen MR) is 102 cm³/mol. The van der Waals surface area contributed by atoms with Crippen molar-refractivity contribution in [2.24, 2.45) is 5.92 Å². The molecule has 1 aliphatic rings. The van der Waals surface area contributed by atoms with Crippen LogP contribution in [0.15, 0.2) is 48.5 Å². The molecule has 2 aromatic carbocycles. The molecule has 2 nitrogen and oxygen atoms in total. The first-order valence-corrected chi connectivity index (χ1v) is 9.19. The van der Waals surface area contributed by atoms with Crippen LogP contribution in [-0.2, 0) is 4.79 Å². The van der Waals surface area contributed by atoms with E-state index in [4.69, 9.17) is 11.6 Å². The zero-order chi connectivity index (χ0) is 18.1. The number of carbonyl (C=O) groups is 1. The first kappa shape index (κ1) is 19.5. The molecule has 25 heavy (non-hydrogen) atoms. The van der Waals surface area contributed by atoms with Gasteiger partial charge in [-0.15, -0.1) is 0 Å². The van der Waals surface area contributed by atoms with E-state index in [9.17, 15) is 9.18 Å². The van der Waals surface area contributed by atoms with Gasteiger partial charge >= 0.3 is 0 Å². The molecule has 0 radical (unpaired) electrons. The molecule has 0 aliphatic heterocycles. The molecule has 1 amide bonds. The summed E-state index contributed by atoms with van der Waals surface area (Å²) in [6, 6.07) is 13.7. The zero-order valence-electron chi connectivity index (χ0n) is 14.6. The molecule has 0 aromatic heterocycles. The summed E-state index contributed by atoms with van der Waals surface area (Å²) in [4.78, 5) is 11.8. The van der Waals surface area contributed by atoms with Gasteiger partial charge in [-0.3, -0.25) is 4.79 Å². The fourth-order valence-electron chi connectivity index (χ4n) is 2.95. The summed E-state index contributed by atoms with van der Waals surface area (Å²) in [7, 11) is 0. The van der Waals surface area contributed by atoms with Crippen molar-refractivity contribution in [2.45, 2.75) is 45.4 Å². The molecule has 0 heterocycles. The Labute approximate surface area is 154 Å². The Balaban J connectivity index is 0.000000236.